The Hall–Kier alpha value is -11.2. The molecule has 0 fully saturated rings. The van der Waals surface area contributed by atoms with Crippen LogP contribution in [-0.2, 0) is 83.1 Å². The number of aliphatic hydroxyl groups excluding tert-OH is 1. The van der Waals surface area contributed by atoms with E-state index in [0.717, 1.165) is 6.92 Å². The third-order valence-electron chi connectivity index (χ3n) is 18.0. The second-order valence-corrected chi connectivity index (χ2v) is 30.1. The van der Waals surface area contributed by atoms with Gasteiger partial charge in [0.2, 0.25) is 88.6 Å². The zero-order chi connectivity index (χ0) is 88.9. The molecule has 0 aliphatic heterocycles. The van der Waals surface area contributed by atoms with E-state index in [1.807, 2.05) is 13.8 Å². The lowest BCUT2D eigenvalue weighted by atomic mass is 9.98. The van der Waals surface area contributed by atoms with E-state index in [1.165, 1.54) is 0 Å². The third kappa shape index (κ3) is 42.8. The summed E-state index contributed by atoms with van der Waals surface area (Å²) in [7, 11) is 0. The van der Waals surface area contributed by atoms with Gasteiger partial charge in [0.25, 0.3) is 0 Å². The Morgan fingerprint density at radius 3 is 0.966 bits per heavy atom. The Morgan fingerprint density at radius 1 is 0.368 bits per heavy atom. The van der Waals surface area contributed by atoms with E-state index in [1.54, 1.807) is 71.9 Å². The molecule has 1 rings (SSSR count). The molecular weight excluding hydrogens is 1550 g/mol. The molecule has 0 heterocycles. The van der Waals surface area contributed by atoms with E-state index >= 15 is 0 Å². The Bertz CT molecular complexity index is 3560. The monoisotopic (exact) mass is 1670 g/mol. The van der Waals surface area contributed by atoms with Gasteiger partial charge in [-0.15, -0.1) is 0 Å². The molecule has 0 unspecified atom stereocenters. The minimum Gasteiger partial charge on any atom is -0.480 e. The molecule has 1 aromatic rings. The lowest BCUT2D eigenvalue weighted by Crippen LogP contribution is -2.62. The lowest BCUT2D eigenvalue weighted by Gasteiger charge is -2.29. The predicted octanol–water partition coefficient (Wildman–Crippen LogP) is -7.09. The van der Waals surface area contributed by atoms with Gasteiger partial charge in [-0.2, -0.15) is 12.6 Å². The topological polar surface area (TPSA) is 755 Å². The smallest absolute Gasteiger partial charge is 0.326 e. The van der Waals surface area contributed by atoms with Gasteiger partial charge in [0, 0.05) is 51.1 Å². The van der Waals surface area contributed by atoms with E-state index in [9.17, 15) is 86.9 Å². The normalized spacial score (nSPS) is 15.0. The molecule has 0 spiro atoms. The summed E-state index contributed by atoms with van der Waals surface area (Å²) in [6.45, 7) is 14.6. The number of aliphatic imine (C=N–C) groups is 3. The molecular formula is C73H127N25O18S. The van der Waals surface area contributed by atoms with Crippen LogP contribution >= 0.6 is 12.6 Å². The number of guanidine groups is 3. The van der Waals surface area contributed by atoms with Crippen molar-refractivity contribution in [3.8, 4) is 0 Å². The molecule has 34 N–H and O–H groups in total. The standard InChI is InChI=1S/C73H127N25O18S/c1-10-39(8)56(70(115)116)97-67(112)51(34-41-17-12-11-13-18-41)95-68(113)52(35-117)96-64(109)48(24-27-55(77)102)92-69(114)57(40(9)99)98-66(111)50(33-38(6)7)94-63(108)47(23-26-54(76)101)91-60(105)44(20-15-29-85-72(80)81)90-65(110)49(32-37(4)5)93-61(106)45(21-16-30-86-73(82)83)88-59(104)43(19-14-28-84-71(78)79)89-62(107)46(22-25-53(75)100)87-58(103)42(74)31-36(2)3/h11-13,17-18,36-40,42-52,56-57,99,117H,10,14-16,19-35,74H2,1-9H3,(H2,75,100)(H2,76,101)(H2,77,102)(H,87,103)(H,88,104)(H,89,107)(H,90,110)(H,91,105)(H,92,114)(H,93,106)(H,94,108)(H,95,113)(H,96,109)(H,97,112)(H,98,111)(H,115,116)(H4,78,79,84)(H4,80,81,85)(H4,82,83,86)/t39-,40+,42-,43-,44-,45-,46-,47-,48-,49-,50-,51-,52-,56-,57-/m0/s1. The quantitative estimate of drug-likeness (QED) is 0.0125. The predicted molar refractivity (Wildman–Crippen MR) is 437 cm³/mol. The highest BCUT2D eigenvalue weighted by atomic mass is 32.1. The molecule has 0 aromatic heterocycles. The molecule has 15 amide bonds. The van der Waals surface area contributed by atoms with Crippen molar-refractivity contribution >= 4 is 125 Å². The average molecular weight is 1680 g/mol. The lowest BCUT2D eigenvalue weighted by molar-refractivity contribution is -0.144. The number of nitrogens with one attached hydrogen (secondary N) is 12. The van der Waals surface area contributed by atoms with Gasteiger partial charge in [-0.1, -0.05) is 92.1 Å². The van der Waals surface area contributed by atoms with Crippen molar-refractivity contribution in [1.82, 2.24) is 63.8 Å². The number of aliphatic carboxylic acids is 1. The summed E-state index contributed by atoms with van der Waals surface area (Å²) in [5.74, 6) is -18.8. The number of nitrogens with two attached hydrogens (primary N) is 10. The number of hydrogen-bond acceptors (Lipinski definition) is 22. The van der Waals surface area contributed by atoms with Gasteiger partial charge >= 0.3 is 5.97 Å². The van der Waals surface area contributed by atoms with Gasteiger partial charge in [-0.3, -0.25) is 86.9 Å². The summed E-state index contributed by atoms with van der Waals surface area (Å²) >= 11 is 4.25. The molecule has 0 aliphatic rings. The van der Waals surface area contributed by atoms with E-state index in [4.69, 9.17) is 57.3 Å². The Kier molecular flexibility index (Phi) is 48.5. The maximum absolute atomic E-state index is 14.8. The first-order valence-corrected chi connectivity index (χ1v) is 39.4. The van der Waals surface area contributed by atoms with Crippen molar-refractivity contribution in [1.29, 1.82) is 0 Å². The number of aliphatic hydroxyl groups is 1. The maximum atomic E-state index is 14.8. The van der Waals surface area contributed by atoms with Gasteiger partial charge in [0.1, 0.15) is 72.5 Å². The van der Waals surface area contributed by atoms with Crippen molar-refractivity contribution in [2.75, 3.05) is 25.4 Å². The number of thiol groups is 1. The van der Waals surface area contributed by atoms with Crippen LogP contribution in [0.3, 0.4) is 0 Å². The van der Waals surface area contributed by atoms with Crippen LogP contribution in [0.1, 0.15) is 171 Å². The molecule has 0 bridgehead atoms. The number of rotatable bonds is 58. The molecule has 0 saturated carbocycles. The molecule has 0 radical (unpaired) electrons. The molecule has 0 saturated heterocycles. The largest absolute Gasteiger partial charge is 0.480 e. The number of primary amides is 3. The zero-order valence-electron chi connectivity index (χ0n) is 68.1. The highest BCUT2D eigenvalue weighted by molar-refractivity contribution is 7.80. The van der Waals surface area contributed by atoms with E-state index < -0.39 is 222 Å². The number of amides is 15. The molecule has 44 heteroatoms. The number of carbonyl (C=O) groups excluding carboxylic acids is 15. The van der Waals surface area contributed by atoms with Gasteiger partial charge in [-0.05, 0) is 113 Å². The minimum absolute atomic E-state index is 0.0264. The number of benzene rings is 1. The zero-order valence-corrected chi connectivity index (χ0v) is 69.0. The first-order valence-electron chi connectivity index (χ1n) is 38.8. The fraction of sp³-hybridized carbons (Fsp3) is 0.658. The van der Waals surface area contributed by atoms with Crippen LogP contribution in [0.4, 0.5) is 0 Å². The van der Waals surface area contributed by atoms with Crippen molar-refractivity contribution in [3.63, 3.8) is 0 Å². The van der Waals surface area contributed by atoms with E-state index in [2.05, 4.69) is 91.4 Å². The average Bonchev–Trinajstić information content (AvgIpc) is 0.855. The van der Waals surface area contributed by atoms with Crippen LogP contribution in [0.15, 0.2) is 45.3 Å². The Balaban J connectivity index is 3.85. The Labute approximate surface area is 686 Å². The number of carboxylic acid groups (broad SMARTS) is 1. The SMILES string of the molecule is CC[C@H](C)[C@H](NC(=O)[C@H](Cc1ccccc1)NC(=O)[C@H](CS)NC(=O)[C@H](CCC(N)=O)NC(=O)[C@@H](NC(=O)[C@H](CC(C)C)NC(=O)[C@H](CCC(N)=O)NC(=O)[C@H](CCCN=C(N)N)NC(=O)[C@H](CC(C)C)NC(=O)[C@H](CCCN=C(N)N)NC(=O)[C@H](CCCN=C(N)N)NC(=O)[C@H](CCC(N)=O)NC(=O)[C@@H](N)CC(C)C)[C@@H](C)O)C(=O)O. The van der Waals surface area contributed by atoms with Gasteiger partial charge < -0.3 is 131 Å². The first kappa shape index (κ1) is 104. The number of carbonyl (C=O) groups is 16. The summed E-state index contributed by atoms with van der Waals surface area (Å²) in [6.07, 6.45) is -5.09. The molecule has 0 aliphatic carbocycles. The van der Waals surface area contributed by atoms with Crippen LogP contribution in [0, 0.1) is 23.7 Å². The molecule has 658 valence electrons. The fourth-order valence-corrected chi connectivity index (χ4v) is 11.8. The van der Waals surface area contributed by atoms with Crippen molar-refractivity contribution in [2.24, 2.45) is 96.0 Å². The number of hydrogen-bond donors (Lipinski definition) is 25. The van der Waals surface area contributed by atoms with Gasteiger partial charge in [-0.25, -0.2) is 4.79 Å². The van der Waals surface area contributed by atoms with Crippen molar-refractivity contribution < 1.29 is 86.9 Å². The second kappa shape index (κ2) is 54.6. The summed E-state index contributed by atoms with van der Waals surface area (Å²) in [5.41, 5.74) is 56.6. The van der Waals surface area contributed by atoms with Crippen molar-refractivity contribution in [2.45, 2.75) is 256 Å². The van der Waals surface area contributed by atoms with Crippen LogP contribution in [0.25, 0.3) is 0 Å². The first-order chi connectivity index (χ1) is 54.8. The highest BCUT2D eigenvalue weighted by Crippen LogP contribution is 2.16. The molecule has 15 atom stereocenters. The molecule has 117 heavy (non-hydrogen) atoms. The molecule has 43 nitrogen and oxygen atoms in total. The number of nitrogens with zero attached hydrogens (tertiary/aromatic N) is 3. The van der Waals surface area contributed by atoms with Crippen LogP contribution in [0.5, 0.6) is 0 Å². The maximum Gasteiger partial charge on any atom is 0.326 e. The van der Waals surface area contributed by atoms with E-state index in [-0.39, 0.29) is 126 Å². The number of carboxylic acids is 1. The van der Waals surface area contributed by atoms with Crippen LogP contribution in [0.2, 0.25) is 0 Å². The second-order valence-electron chi connectivity index (χ2n) is 29.8. The highest BCUT2D eigenvalue weighted by Gasteiger charge is 2.39. The van der Waals surface area contributed by atoms with Crippen LogP contribution < -0.4 is 121 Å². The minimum atomic E-state index is -1.95. The fourth-order valence-electron chi connectivity index (χ4n) is 11.6. The summed E-state index contributed by atoms with van der Waals surface area (Å²) in [4.78, 5) is 232. The van der Waals surface area contributed by atoms with Gasteiger partial charge in [0.05, 0.1) is 12.1 Å². The van der Waals surface area contributed by atoms with E-state index in [0.29, 0.717) is 12.0 Å². The Morgan fingerprint density at radius 2 is 0.650 bits per heavy atom. The van der Waals surface area contributed by atoms with Gasteiger partial charge in [0.15, 0.2) is 17.9 Å². The summed E-state index contributed by atoms with van der Waals surface area (Å²) < 4.78 is 0. The molecule has 1 aromatic carbocycles. The van der Waals surface area contributed by atoms with Crippen molar-refractivity contribution in [3.05, 3.63) is 35.9 Å². The third-order valence-corrected chi connectivity index (χ3v) is 18.4. The summed E-state index contributed by atoms with van der Waals surface area (Å²) in [5, 5.41) is 51.2. The summed E-state index contributed by atoms with van der Waals surface area (Å²) in [6, 6.07) is -11.7. The van der Waals surface area contributed by atoms with Crippen LogP contribution in [-0.4, -0.2) is 233 Å².